The Hall–Kier alpha value is -1.22. The van der Waals surface area contributed by atoms with Crippen LogP contribution in [0.2, 0.25) is 5.02 Å². The lowest BCUT2D eigenvalue weighted by molar-refractivity contribution is 0.0985. The van der Waals surface area contributed by atoms with Crippen LogP contribution in [0.3, 0.4) is 0 Å². The molecule has 0 heterocycles. The van der Waals surface area contributed by atoms with Crippen LogP contribution < -0.4 is 9.47 Å². The van der Waals surface area contributed by atoms with Crippen molar-refractivity contribution in [1.82, 2.24) is 0 Å². The van der Waals surface area contributed by atoms with E-state index in [1.165, 1.54) is 7.11 Å². The van der Waals surface area contributed by atoms with Crippen molar-refractivity contribution in [3.05, 3.63) is 22.7 Å². The fourth-order valence-electron chi connectivity index (χ4n) is 1.38. The van der Waals surface area contributed by atoms with Crippen molar-refractivity contribution in [2.75, 3.05) is 13.7 Å². The topological polar surface area (TPSA) is 35.5 Å². The molecule has 0 aliphatic carbocycles. The summed E-state index contributed by atoms with van der Waals surface area (Å²) in [4.78, 5) is 11.6. The number of ether oxygens (including phenoxy) is 2. The van der Waals surface area contributed by atoms with E-state index >= 15 is 0 Å². The van der Waals surface area contributed by atoms with Crippen LogP contribution in [-0.2, 0) is 0 Å². The lowest BCUT2D eigenvalue weighted by atomic mass is 10.1. The van der Waals surface area contributed by atoms with Gasteiger partial charge in [-0.3, -0.25) is 4.79 Å². The maximum absolute atomic E-state index is 11.6. The van der Waals surface area contributed by atoms with Crippen LogP contribution in [0.4, 0.5) is 0 Å². The van der Waals surface area contributed by atoms with Crippen molar-refractivity contribution < 1.29 is 14.3 Å². The van der Waals surface area contributed by atoms with Gasteiger partial charge in [-0.2, -0.15) is 0 Å². The second-order valence-electron chi connectivity index (χ2n) is 3.19. The second-order valence-corrected chi connectivity index (χ2v) is 3.60. The molecular weight excluding hydrogens is 228 g/mol. The molecule has 0 bridgehead atoms. The lowest BCUT2D eigenvalue weighted by Crippen LogP contribution is -2.02. The Labute approximate surface area is 100 Å². The third kappa shape index (κ3) is 2.67. The predicted octanol–water partition coefficient (Wildman–Crippen LogP) is 3.34. The lowest BCUT2D eigenvalue weighted by Gasteiger charge is -2.11. The van der Waals surface area contributed by atoms with Crippen molar-refractivity contribution in [3.63, 3.8) is 0 Å². The van der Waals surface area contributed by atoms with Gasteiger partial charge in [0.25, 0.3) is 0 Å². The number of methoxy groups -OCH3 is 1. The summed E-state index contributed by atoms with van der Waals surface area (Å²) >= 11 is 6.01. The van der Waals surface area contributed by atoms with Crippen molar-refractivity contribution in [2.24, 2.45) is 0 Å². The van der Waals surface area contributed by atoms with Crippen LogP contribution in [0.15, 0.2) is 12.1 Å². The van der Waals surface area contributed by atoms with Crippen molar-refractivity contribution >= 4 is 17.4 Å². The van der Waals surface area contributed by atoms with E-state index in [2.05, 4.69) is 0 Å². The van der Waals surface area contributed by atoms with Crippen LogP contribution in [0.25, 0.3) is 0 Å². The molecule has 0 N–H and O–H groups in total. The molecule has 0 spiro atoms. The number of ketones is 1. The molecule has 0 fully saturated rings. The van der Waals surface area contributed by atoms with Gasteiger partial charge in [0.1, 0.15) is 11.5 Å². The molecule has 88 valence electrons. The van der Waals surface area contributed by atoms with Gasteiger partial charge >= 0.3 is 0 Å². The van der Waals surface area contributed by atoms with E-state index in [9.17, 15) is 4.79 Å². The number of rotatable bonds is 5. The number of hydrogen-bond acceptors (Lipinski definition) is 3. The van der Waals surface area contributed by atoms with Gasteiger partial charge in [0, 0.05) is 12.5 Å². The summed E-state index contributed by atoms with van der Waals surface area (Å²) in [6, 6.07) is 3.24. The number of Topliss-reactive ketones (excluding diaryl/α,β-unsaturated/α-hetero) is 1. The molecule has 1 aromatic carbocycles. The van der Waals surface area contributed by atoms with Gasteiger partial charge in [-0.1, -0.05) is 18.5 Å². The zero-order chi connectivity index (χ0) is 12.1. The zero-order valence-corrected chi connectivity index (χ0v) is 10.4. The summed E-state index contributed by atoms with van der Waals surface area (Å²) in [6.45, 7) is 4.18. The van der Waals surface area contributed by atoms with Gasteiger partial charge in [-0.25, -0.2) is 0 Å². The number of benzene rings is 1. The third-order valence-electron chi connectivity index (χ3n) is 2.18. The van der Waals surface area contributed by atoms with E-state index in [-0.39, 0.29) is 5.78 Å². The summed E-state index contributed by atoms with van der Waals surface area (Å²) in [5, 5.41) is 0.430. The molecule has 0 aliphatic rings. The van der Waals surface area contributed by atoms with Crippen LogP contribution in [0, 0.1) is 0 Å². The highest BCUT2D eigenvalue weighted by atomic mass is 35.5. The molecule has 0 aromatic heterocycles. The van der Waals surface area contributed by atoms with Crippen molar-refractivity contribution in [2.45, 2.75) is 20.3 Å². The SMILES string of the molecule is CCOc1cc(OC)c(C(=O)CC)cc1Cl. The minimum Gasteiger partial charge on any atom is -0.496 e. The molecule has 0 atom stereocenters. The maximum Gasteiger partial charge on any atom is 0.166 e. The van der Waals surface area contributed by atoms with Crippen LogP contribution in [0.5, 0.6) is 11.5 Å². The molecule has 1 rings (SSSR count). The van der Waals surface area contributed by atoms with Gasteiger partial charge in [-0.15, -0.1) is 0 Å². The molecule has 1 aromatic rings. The van der Waals surface area contributed by atoms with E-state index < -0.39 is 0 Å². The molecule has 16 heavy (non-hydrogen) atoms. The monoisotopic (exact) mass is 242 g/mol. The molecule has 0 aliphatic heterocycles. The summed E-state index contributed by atoms with van der Waals surface area (Å²) < 4.78 is 10.5. The minimum absolute atomic E-state index is 0.00167. The van der Waals surface area contributed by atoms with Gasteiger partial charge in [-0.05, 0) is 13.0 Å². The van der Waals surface area contributed by atoms with E-state index in [0.717, 1.165) is 0 Å². The average Bonchev–Trinajstić information content (AvgIpc) is 2.30. The van der Waals surface area contributed by atoms with Gasteiger partial charge < -0.3 is 9.47 Å². The van der Waals surface area contributed by atoms with E-state index in [0.29, 0.717) is 35.1 Å². The fraction of sp³-hybridized carbons (Fsp3) is 0.417. The maximum atomic E-state index is 11.6. The normalized spacial score (nSPS) is 10.0. The second kappa shape index (κ2) is 5.75. The molecule has 4 heteroatoms. The summed E-state index contributed by atoms with van der Waals surface area (Å²) in [6.07, 6.45) is 0.417. The highest BCUT2D eigenvalue weighted by Gasteiger charge is 2.14. The Morgan fingerprint density at radius 2 is 2.00 bits per heavy atom. The first-order valence-electron chi connectivity index (χ1n) is 5.17. The highest BCUT2D eigenvalue weighted by molar-refractivity contribution is 6.32. The molecular formula is C12H15ClO3. The first-order valence-corrected chi connectivity index (χ1v) is 5.55. The van der Waals surface area contributed by atoms with E-state index in [1.54, 1.807) is 19.1 Å². The summed E-state index contributed by atoms with van der Waals surface area (Å²) in [7, 11) is 1.52. The Morgan fingerprint density at radius 3 is 2.50 bits per heavy atom. The number of halogens is 1. The average molecular weight is 243 g/mol. The number of carbonyl (C=O) groups excluding carboxylic acids is 1. The molecule has 0 saturated carbocycles. The minimum atomic E-state index is 0.00167. The molecule has 0 radical (unpaired) electrons. The number of hydrogen-bond donors (Lipinski definition) is 0. The quantitative estimate of drug-likeness (QED) is 0.743. The Balaban J connectivity index is 3.20. The molecule has 0 saturated heterocycles. The van der Waals surface area contributed by atoms with Crippen LogP contribution in [0.1, 0.15) is 30.6 Å². The molecule has 3 nitrogen and oxygen atoms in total. The Kier molecular flexibility index (Phi) is 4.62. The zero-order valence-electron chi connectivity index (χ0n) is 9.67. The van der Waals surface area contributed by atoms with Crippen molar-refractivity contribution in [3.8, 4) is 11.5 Å². The predicted molar refractivity (Wildman–Crippen MR) is 63.8 cm³/mol. The number of carbonyl (C=O) groups is 1. The van der Waals surface area contributed by atoms with Crippen LogP contribution in [-0.4, -0.2) is 19.5 Å². The first-order chi connectivity index (χ1) is 7.63. The summed E-state index contributed by atoms with van der Waals surface area (Å²) in [5.74, 6) is 1.04. The molecule has 0 amide bonds. The third-order valence-corrected chi connectivity index (χ3v) is 2.47. The Morgan fingerprint density at radius 1 is 1.31 bits per heavy atom. The smallest absolute Gasteiger partial charge is 0.166 e. The van der Waals surface area contributed by atoms with Gasteiger partial charge in [0.2, 0.25) is 0 Å². The van der Waals surface area contributed by atoms with Crippen LogP contribution >= 0.6 is 11.6 Å². The van der Waals surface area contributed by atoms with Gasteiger partial charge in [0.15, 0.2) is 5.78 Å². The fourth-order valence-corrected chi connectivity index (χ4v) is 1.60. The largest absolute Gasteiger partial charge is 0.496 e. The highest BCUT2D eigenvalue weighted by Crippen LogP contribution is 2.33. The van der Waals surface area contributed by atoms with E-state index in [1.807, 2.05) is 6.92 Å². The Bertz CT molecular complexity index is 388. The van der Waals surface area contributed by atoms with E-state index in [4.69, 9.17) is 21.1 Å². The first kappa shape index (κ1) is 12.8. The van der Waals surface area contributed by atoms with Gasteiger partial charge in [0.05, 0.1) is 24.3 Å². The van der Waals surface area contributed by atoms with Crippen molar-refractivity contribution in [1.29, 1.82) is 0 Å². The molecule has 0 unspecified atom stereocenters. The summed E-state index contributed by atoms with van der Waals surface area (Å²) in [5.41, 5.74) is 0.499. The standard InChI is InChI=1S/C12H15ClO3/c1-4-10(14)8-6-9(13)12(16-5-2)7-11(8)15-3/h6-7H,4-5H2,1-3H3.